The molecule has 2 heterocycles. The summed E-state index contributed by atoms with van der Waals surface area (Å²) in [6.45, 7) is 0. The molecule has 0 amide bonds. The Morgan fingerprint density at radius 3 is 1.30 bits per heavy atom. The average molecular weight is 316 g/mol. The van der Waals surface area contributed by atoms with E-state index in [-0.39, 0.29) is 83.1 Å². The largest absolute Gasteiger partial charge is 0.393 e. The van der Waals surface area contributed by atoms with Crippen LogP contribution < -0.4 is 0 Å². The zero-order chi connectivity index (χ0) is 15.6. The first kappa shape index (κ1) is 12.7. The van der Waals surface area contributed by atoms with Crippen molar-refractivity contribution in [1.82, 2.24) is 0 Å². The monoisotopic (exact) mass is 316 g/mol. The summed E-state index contributed by atoms with van der Waals surface area (Å²) in [5.41, 5.74) is 0. The summed E-state index contributed by atoms with van der Waals surface area (Å²) in [7, 11) is 0. The number of fused-ring (bicyclic) bond motifs is 6. The van der Waals surface area contributed by atoms with Gasteiger partial charge in [0.15, 0.2) is 0 Å². The van der Waals surface area contributed by atoms with Gasteiger partial charge in [-0.15, -0.1) is 0 Å². The molecule has 120 valence electrons. The van der Waals surface area contributed by atoms with Crippen LogP contribution in [0.15, 0.2) is 0 Å². The van der Waals surface area contributed by atoms with Crippen molar-refractivity contribution >= 4 is 23.9 Å². The van der Waals surface area contributed by atoms with Crippen molar-refractivity contribution in [3.8, 4) is 0 Å². The van der Waals surface area contributed by atoms with Crippen molar-refractivity contribution in [2.45, 2.75) is 19.3 Å². The first-order valence-electron chi connectivity index (χ1n) is 8.59. The first-order valence-corrected chi connectivity index (χ1v) is 8.59. The Bertz CT molecular complexity index is 641. The van der Waals surface area contributed by atoms with Crippen molar-refractivity contribution < 1.29 is 28.7 Å². The number of carbonyl (C=O) groups excluding carboxylic acids is 4. The molecule has 0 N–H and O–H groups in total. The van der Waals surface area contributed by atoms with E-state index in [0.717, 1.165) is 19.3 Å². The molecule has 10 atom stereocenters. The summed E-state index contributed by atoms with van der Waals surface area (Å²) in [6, 6.07) is 0. The van der Waals surface area contributed by atoms with Gasteiger partial charge in [-0.05, 0) is 54.8 Å². The summed E-state index contributed by atoms with van der Waals surface area (Å²) >= 11 is 0. The van der Waals surface area contributed by atoms with Crippen LogP contribution in [0.2, 0.25) is 0 Å². The minimum Gasteiger partial charge on any atom is -0.393 e. The molecule has 0 spiro atoms. The van der Waals surface area contributed by atoms with Crippen molar-refractivity contribution in [3.63, 3.8) is 0 Å². The molecule has 5 saturated carbocycles. The normalized spacial score (nSPS) is 58.1. The lowest BCUT2D eigenvalue weighted by Gasteiger charge is -2.55. The fourth-order valence-corrected chi connectivity index (χ4v) is 7.61. The van der Waals surface area contributed by atoms with E-state index in [9.17, 15) is 19.2 Å². The predicted octanol–water partition coefficient (Wildman–Crippen LogP) is 0.540. The van der Waals surface area contributed by atoms with Gasteiger partial charge in [0.25, 0.3) is 0 Å². The molecule has 2 saturated heterocycles. The molecule has 6 heteroatoms. The predicted molar refractivity (Wildman–Crippen MR) is 70.9 cm³/mol. The Hall–Kier alpha value is -1.72. The molecule has 4 unspecified atom stereocenters. The molecule has 7 rings (SSSR count). The molecular weight excluding hydrogens is 300 g/mol. The van der Waals surface area contributed by atoms with Crippen LogP contribution >= 0.6 is 0 Å². The van der Waals surface area contributed by atoms with Crippen molar-refractivity contribution in [2.24, 2.45) is 59.2 Å². The van der Waals surface area contributed by atoms with Gasteiger partial charge in [-0.3, -0.25) is 19.2 Å². The highest BCUT2D eigenvalue weighted by molar-refractivity contribution is 5.99. The lowest BCUT2D eigenvalue weighted by Crippen LogP contribution is -2.56. The van der Waals surface area contributed by atoms with Crippen LogP contribution in [0.3, 0.4) is 0 Å². The van der Waals surface area contributed by atoms with Gasteiger partial charge >= 0.3 is 23.9 Å². The summed E-state index contributed by atoms with van der Waals surface area (Å²) in [5.74, 6) is -1.59. The minimum absolute atomic E-state index is 0.133. The van der Waals surface area contributed by atoms with Crippen molar-refractivity contribution in [2.75, 3.05) is 0 Å². The number of carbonyl (C=O) groups is 4. The highest BCUT2D eigenvalue weighted by Gasteiger charge is 2.74. The second-order valence-electron chi connectivity index (χ2n) is 8.21. The number of hydrogen-bond donors (Lipinski definition) is 0. The molecule has 23 heavy (non-hydrogen) atoms. The van der Waals surface area contributed by atoms with Crippen LogP contribution in [0.5, 0.6) is 0 Å². The van der Waals surface area contributed by atoms with E-state index in [1.54, 1.807) is 0 Å². The summed E-state index contributed by atoms with van der Waals surface area (Å²) in [4.78, 5) is 48.5. The Kier molecular flexibility index (Phi) is 2.03. The molecule has 4 bridgehead atoms. The Labute approximate surface area is 131 Å². The zero-order valence-corrected chi connectivity index (χ0v) is 12.3. The maximum Gasteiger partial charge on any atom is 0.317 e. The third-order valence-corrected chi connectivity index (χ3v) is 7.91. The van der Waals surface area contributed by atoms with E-state index in [0.29, 0.717) is 0 Å². The molecule has 5 aliphatic carbocycles. The maximum atomic E-state index is 12.2. The molecule has 0 radical (unpaired) electrons. The van der Waals surface area contributed by atoms with E-state index in [4.69, 9.17) is 9.47 Å². The fourth-order valence-electron chi connectivity index (χ4n) is 7.61. The highest BCUT2D eigenvalue weighted by Crippen LogP contribution is 2.72. The number of esters is 4. The molecule has 0 aromatic heterocycles. The lowest BCUT2D eigenvalue weighted by atomic mass is 9.46. The first-order chi connectivity index (χ1) is 11.1. The Balaban J connectivity index is 1.47. The van der Waals surface area contributed by atoms with Gasteiger partial charge in [-0.2, -0.15) is 0 Å². The third-order valence-electron chi connectivity index (χ3n) is 7.91. The SMILES string of the molecule is O=C1OC(=O)[C@H]2[C@@H]1[C@H]1C[C@@H]2C2C1C1CCC2[C@@H]2C(=O)OC(=O)[C@H]12. The summed E-state index contributed by atoms with van der Waals surface area (Å²) in [6.07, 6.45) is 2.74. The number of hydrogen-bond acceptors (Lipinski definition) is 6. The minimum atomic E-state index is -0.367. The summed E-state index contributed by atoms with van der Waals surface area (Å²) < 4.78 is 9.85. The van der Waals surface area contributed by atoms with E-state index in [1.165, 1.54) is 0 Å². The van der Waals surface area contributed by atoms with Crippen LogP contribution in [-0.4, -0.2) is 23.9 Å². The fraction of sp³-hybridized carbons (Fsp3) is 0.765. The van der Waals surface area contributed by atoms with Crippen LogP contribution in [0.4, 0.5) is 0 Å². The highest BCUT2D eigenvalue weighted by atomic mass is 16.6. The van der Waals surface area contributed by atoms with Crippen LogP contribution in [0, 0.1) is 59.2 Å². The van der Waals surface area contributed by atoms with Gasteiger partial charge in [-0.25, -0.2) is 0 Å². The van der Waals surface area contributed by atoms with E-state index in [1.807, 2.05) is 0 Å². The van der Waals surface area contributed by atoms with Gasteiger partial charge in [-0.1, -0.05) is 0 Å². The molecule has 2 aliphatic heterocycles. The van der Waals surface area contributed by atoms with Gasteiger partial charge in [0, 0.05) is 0 Å². The van der Waals surface area contributed by atoms with Gasteiger partial charge in [0.05, 0.1) is 23.7 Å². The molecule has 7 aliphatic rings. The number of ether oxygens (including phenoxy) is 2. The second-order valence-corrected chi connectivity index (χ2v) is 8.21. The molecule has 7 fully saturated rings. The molecule has 6 nitrogen and oxygen atoms in total. The smallest absolute Gasteiger partial charge is 0.317 e. The van der Waals surface area contributed by atoms with Crippen molar-refractivity contribution in [3.05, 3.63) is 0 Å². The van der Waals surface area contributed by atoms with Crippen molar-refractivity contribution in [1.29, 1.82) is 0 Å². The number of cyclic esters (lactones) is 4. The van der Waals surface area contributed by atoms with Crippen LogP contribution in [-0.2, 0) is 28.7 Å². The Morgan fingerprint density at radius 2 is 0.913 bits per heavy atom. The van der Waals surface area contributed by atoms with Crippen LogP contribution in [0.25, 0.3) is 0 Å². The van der Waals surface area contributed by atoms with Gasteiger partial charge in [0.2, 0.25) is 0 Å². The van der Waals surface area contributed by atoms with E-state index < -0.39 is 0 Å². The van der Waals surface area contributed by atoms with Crippen LogP contribution in [0.1, 0.15) is 19.3 Å². The zero-order valence-electron chi connectivity index (χ0n) is 12.3. The second kappa shape index (κ2) is 3.68. The number of rotatable bonds is 0. The average Bonchev–Trinajstić information content (AvgIpc) is 3.24. The maximum absolute atomic E-state index is 12.2. The van der Waals surface area contributed by atoms with E-state index >= 15 is 0 Å². The van der Waals surface area contributed by atoms with E-state index in [2.05, 4.69) is 0 Å². The van der Waals surface area contributed by atoms with Gasteiger partial charge in [0.1, 0.15) is 0 Å². The lowest BCUT2D eigenvalue weighted by molar-refractivity contribution is -0.155. The molecule has 0 aromatic carbocycles. The Morgan fingerprint density at radius 1 is 0.565 bits per heavy atom. The topological polar surface area (TPSA) is 86.7 Å². The quantitative estimate of drug-likeness (QED) is 0.479. The summed E-state index contributed by atoms with van der Waals surface area (Å²) in [5, 5.41) is 0. The third kappa shape index (κ3) is 1.20. The molecule has 0 aromatic rings. The molecular formula is C17H16O6. The van der Waals surface area contributed by atoms with Gasteiger partial charge < -0.3 is 9.47 Å². The standard InChI is InChI=1S/C17H16O6/c18-14-10-4-1-2-5(11(10)15(19)22-14)9-7-3-6(8(4)9)12-13(7)17(21)23-16(12)20/h4-13H,1-3H2/t4?,5?,6-,7+,8?,9?,10+,11-,12-,13+.